The Bertz CT molecular complexity index is 436. The fourth-order valence-electron chi connectivity index (χ4n) is 1.75. The van der Waals surface area contributed by atoms with E-state index in [1.807, 2.05) is 18.2 Å². The maximum Gasteiger partial charge on any atom is 0.0406 e. The average molecular weight is 296 g/mol. The molecule has 0 unspecified atom stereocenters. The van der Waals surface area contributed by atoms with Crippen LogP contribution >= 0.6 is 27.5 Å². The summed E-state index contributed by atoms with van der Waals surface area (Å²) in [5, 5.41) is 1.70. The Kier molecular flexibility index (Phi) is 4.03. The van der Waals surface area contributed by atoms with Crippen LogP contribution < -0.4 is 0 Å². The Labute approximate surface area is 109 Å². The van der Waals surface area contributed by atoms with Crippen LogP contribution in [0.4, 0.5) is 0 Å². The Morgan fingerprint density at radius 2 is 1.44 bits per heavy atom. The average Bonchev–Trinajstić information content (AvgIpc) is 2.34. The molecule has 0 nitrogen and oxygen atoms in total. The Hall–Kier alpha value is -0.790. The quantitative estimate of drug-likeness (QED) is 0.709. The molecule has 0 bridgehead atoms. The normalized spacial score (nSPS) is 12.4. The van der Waals surface area contributed by atoms with Gasteiger partial charge in [0.1, 0.15) is 0 Å². The molecule has 0 aliphatic carbocycles. The Morgan fingerprint density at radius 3 is 2.00 bits per heavy atom. The molecule has 0 fully saturated rings. The molecule has 2 aromatic rings. The third-order valence-electron chi connectivity index (χ3n) is 2.63. The summed E-state index contributed by atoms with van der Waals surface area (Å²) in [6.45, 7) is 0. The molecule has 0 saturated heterocycles. The van der Waals surface area contributed by atoms with Crippen LogP contribution in [0.2, 0.25) is 5.02 Å². The summed E-state index contributed by atoms with van der Waals surface area (Å²) in [5.74, 6) is 0.387. The largest absolute Gasteiger partial charge is 0.0918 e. The third kappa shape index (κ3) is 2.66. The van der Waals surface area contributed by atoms with Crippen molar-refractivity contribution < 1.29 is 0 Å². The zero-order valence-corrected chi connectivity index (χ0v) is 11.1. The van der Waals surface area contributed by atoms with Crippen LogP contribution in [0.15, 0.2) is 54.6 Å². The molecule has 2 rings (SSSR count). The zero-order valence-electron chi connectivity index (χ0n) is 8.74. The zero-order chi connectivity index (χ0) is 11.4. The third-order valence-corrected chi connectivity index (χ3v) is 3.53. The van der Waals surface area contributed by atoms with Crippen molar-refractivity contribution in [3.8, 4) is 0 Å². The van der Waals surface area contributed by atoms with E-state index in [1.54, 1.807) is 0 Å². The molecule has 0 heterocycles. The lowest BCUT2D eigenvalue weighted by atomic mass is 9.93. The molecule has 0 aliphatic rings. The van der Waals surface area contributed by atoms with Gasteiger partial charge in [0.25, 0.3) is 0 Å². The molecule has 1 atom stereocenters. The fourth-order valence-corrected chi connectivity index (χ4v) is 2.62. The van der Waals surface area contributed by atoms with E-state index in [4.69, 9.17) is 11.6 Å². The van der Waals surface area contributed by atoms with Crippen molar-refractivity contribution in [3.05, 3.63) is 70.7 Å². The first kappa shape index (κ1) is 11.7. The molecule has 16 heavy (non-hydrogen) atoms. The molecule has 0 spiro atoms. The van der Waals surface area contributed by atoms with Crippen LogP contribution in [0.1, 0.15) is 17.0 Å². The highest BCUT2D eigenvalue weighted by atomic mass is 79.9. The highest BCUT2D eigenvalue weighted by molar-refractivity contribution is 9.09. The summed E-state index contributed by atoms with van der Waals surface area (Å²) in [6, 6.07) is 18.5. The van der Waals surface area contributed by atoms with Gasteiger partial charge in [-0.15, -0.1) is 0 Å². The molecule has 2 aromatic carbocycles. The van der Waals surface area contributed by atoms with Crippen molar-refractivity contribution in [2.24, 2.45) is 0 Å². The van der Waals surface area contributed by atoms with Crippen LogP contribution in [0, 0.1) is 0 Å². The molecule has 0 amide bonds. The van der Waals surface area contributed by atoms with Crippen LogP contribution in [-0.4, -0.2) is 5.33 Å². The smallest absolute Gasteiger partial charge is 0.0406 e. The van der Waals surface area contributed by atoms with Gasteiger partial charge in [-0.25, -0.2) is 0 Å². The summed E-state index contributed by atoms with van der Waals surface area (Å²) < 4.78 is 0. The van der Waals surface area contributed by atoms with Crippen molar-refractivity contribution in [2.45, 2.75) is 5.92 Å². The monoisotopic (exact) mass is 294 g/mol. The van der Waals surface area contributed by atoms with Crippen molar-refractivity contribution in [2.75, 3.05) is 5.33 Å². The van der Waals surface area contributed by atoms with Gasteiger partial charge in [-0.05, 0) is 23.3 Å². The van der Waals surface area contributed by atoms with Crippen LogP contribution in [-0.2, 0) is 0 Å². The summed E-state index contributed by atoms with van der Waals surface area (Å²) in [4.78, 5) is 0. The second kappa shape index (κ2) is 5.51. The topological polar surface area (TPSA) is 0 Å². The van der Waals surface area contributed by atoms with Gasteiger partial charge in [0, 0.05) is 16.3 Å². The van der Waals surface area contributed by atoms with Crippen molar-refractivity contribution in [1.29, 1.82) is 0 Å². The molecular formula is C14H12BrCl. The molecule has 0 aliphatic heterocycles. The summed E-state index contributed by atoms with van der Waals surface area (Å²) in [7, 11) is 0. The van der Waals surface area contributed by atoms with E-state index in [1.165, 1.54) is 11.1 Å². The molecule has 0 saturated carbocycles. The van der Waals surface area contributed by atoms with E-state index < -0.39 is 0 Å². The van der Waals surface area contributed by atoms with Gasteiger partial charge in [-0.3, -0.25) is 0 Å². The lowest BCUT2D eigenvalue weighted by Gasteiger charge is -2.15. The fraction of sp³-hybridized carbons (Fsp3) is 0.143. The molecule has 0 aromatic heterocycles. The van der Waals surface area contributed by atoms with Gasteiger partial charge in [-0.1, -0.05) is 70.0 Å². The lowest BCUT2D eigenvalue weighted by Crippen LogP contribution is -2.01. The number of alkyl halides is 1. The van der Waals surface area contributed by atoms with Crippen LogP contribution in [0.5, 0.6) is 0 Å². The van der Waals surface area contributed by atoms with E-state index in [9.17, 15) is 0 Å². The highest BCUT2D eigenvalue weighted by Gasteiger charge is 2.11. The maximum atomic E-state index is 5.89. The summed E-state index contributed by atoms with van der Waals surface area (Å²) in [6.07, 6.45) is 0. The van der Waals surface area contributed by atoms with Gasteiger partial charge in [0.15, 0.2) is 0 Å². The first-order chi connectivity index (χ1) is 7.81. The Balaban J connectivity index is 2.33. The second-order valence-corrected chi connectivity index (χ2v) is 4.75. The standard InChI is InChI=1S/C14H12BrCl/c15-10-14(11-4-2-1-3-5-11)12-6-8-13(16)9-7-12/h1-9,14H,10H2/t14-/m1/s1. The summed E-state index contributed by atoms with van der Waals surface area (Å²) >= 11 is 9.47. The minimum atomic E-state index is 0.387. The molecular weight excluding hydrogens is 284 g/mol. The Morgan fingerprint density at radius 1 is 0.875 bits per heavy atom. The maximum absolute atomic E-state index is 5.89. The van der Waals surface area contributed by atoms with Crippen molar-refractivity contribution >= 4 is 27.5 Å². The van der Waals surface area contributed by atoms with Gasteiger partial charge in [0.05, 0.1) is 0 Å². The van der Waals surface area contributed by atoms with Gasteiger partial charge < -0.3 is 0 Å². The first-order valence-corrected chi connectivity index (χ1v) is 6.67. The van der Waals surface area contributed by atoms with Gasteiger partial charge >= 0.3 is 0 Å². The predicted octanol–water partition coefficient (Wildman–Crippen LogP) is 4.87. The number of rotatable bonds is 3. The van der Waals surface area contributed by atoms with Crippen molar-refractivity contribution in [3.63, 3.8) is 0 Å². The molecule has 0 radical (unpaired) electrons. The van der Waals surface area contributed by atoms with Crippen LogP contribution in [0.25, 0.3) is 0 Å². The molecule has 2 heteroatoms. The number of benzene rings is 2. The first-order valence-electron chi connectivity index (χ1n) is 5.17. The van der Waals surface area contributed by atoms with Gasteiger partial charge in [0.2, 0.25) is 0 Å². The van der Waals surface area contributed by atoms with Crippen LogP contribution in [0.3, 0.4) is 0 Å². The lowest BCUT2D eigenvalue weighted by molar-refractivity contribution is 0.945. The minimum absolute atomic E-state index is 0.387. The summed E-state index contributed by atoms with van der Waals surface area (Å²) in [5.41, 5.74) is 2.61. The number of halogens is 2. The van der Waals surface area contributed by atoms with E-state index in [0.717, 1.165) is 10.4 Å². The minimum Gasteiger partial charge on any atom is -0.0918 e. The van der Waals surface area contributed by atoms with Gasteiger partial charge in [-0.2, -0.15) is 0 Å². The van der Waals surface area contributed by atoms with E-state index in [-0.39, 0.29) is 0 Å². The second-order valence-electron chi connectivity index (χ2n) is 3.67. The molecule has 0 N–H and O–H groups in total. The highest BCUT2D eigenvalue weighted by Crippen LogP contribution is 2.27. The van der Waals surface area contributed by atoms with Crippen molar-refractivity contribution in [1.82, 2.24) is 0 Å². The van der Waals surface area contributed by atoms with E-state index in [0.29, 0.717) is 5.92 Å². The SMILES string of the molecule is Clc1ccc([C@H](CBr)c2ccccc2)cc1. The van der Waals surface area contributed by atoms with E-state index >= 15 is 0 Å². The predicted molar refractivity (Wildman–Crippen MR) is 73.5 cm³/mol. The van der Waals surface area contributed by atoms with E-state index in [2.05, 4.69) is 52.3 Å². The number of hydrogen-bond donors (Lipinski definition) is 0. The number of hydrogen-bond acceptors (Lipinski definition) is 0. The molecule has 82 valence electrons.